The molecule has 0 aliphatic rings. The van der Waals surface area contributed by atoms with Gasteiger partial charge < -0.3 is 15.3 Å². The normalized spacial score (nSPS) is 10.9. The molecule has 0 radical (unpaired) electrons. The second kappa shape index (κ2) is 3.39. The Kier molecular flexibility index (Phi) is 2.46. The summed E-state index contributed by atoms with van der Waals surface area (Å²) < 4.78 is 0. The van der Waals surface area contributed by atoms with E-state index in [1.165, 1.54) is 13.0 Å². The Balaban J connectivity index is 3.40. The molecule has 0 saturated heterocycles. The molecule has 0 amide bonds. The van der Waals surface area contributed by atoms with Crippen molar-refractivity contribution in [2.24, 2.45) is 0 Å². The van der Waals surface area contributed by atoms with E-state index in [0.717, 1.165) is 0 Å². The van der Waals surface area contributed by atoms with Gasteiger partial charge in [0.15, 0.2) is 11.5 Å². The molecule has 0 spiro atoms. The monoisotopic (exact) mass is 180 g/mol. The standard InChI is InChI=1S/C10H12O3/c1-3-4-7-5-8(11)10(13)6(2)9(7)12/h3-5,11-13H,1-2H3/b4-3+. The molecule has 0 aliphatic heterocycles. The van der Waals surface area contributed by atoms with Gasteiger partial charge in [0.1, 0.15) is 5.75 Å². The van der Waals surface area contributed by atoms with Crippen LogP contribution in [-0.4, -0.2) is 15.3 Å². The van der Waals surface area contributed by atoms with Crippen LogP contribution in [0.3, 0.4) is 0 Å². The Bertz CT molecular complexity index is 354. The fraction of sp³-hybridized carbons (Fsp3) is 0.200. The average Bonchev–Trinajstić information content (AvgIpc) is 2.11. The van der Waals surface area contributed by atoms with E-state index in [4.69, 9.17) is 0 Å². The largest absolute Gasteiger partial charge is 0.507 e. The van der Waals surface area contributed by atoms with Crippen molar-refractivity contribution in [3.05, 3.63) is 23.3 Å². The SMILES string of the molecule is C/C=C/c1cc(O)c(O)c(C)c1O. The fourth-order valence-electron chi connectivity index (χ4n) is 1.11. The Morgan fingerprint density at radius 2 is 1.77 bits per heavy atom. The van der Waals surface area contributed by atoms with Gasteiger partial charge in [0, 0.05) is 11.1 Å². The minimum absolute atomic E-state index is 0.00611. The van der Waals surface area contributed by atoms with E-state index in [0.29, 0.717) is 5.56 Å². The van der Waals surface area contributed by atoms with Crippen molar-refractivity contribution in [2.75, 3.05) is 0 Å². The van der Waals surface area contributed by atoms with Gasteiger partial charge in [-0.3, -0.25) is 0 Å². The van der Waals surface area contributed by atoms with Gasteiger partial charge in [0.25, 0.3) is 0 Å². The number of rotatable bonds is 1. The smallest absolute Gasteiger partial charge is 0.164 e. The van der Waals surface area contributed by atoms with Crippen molar-refractivity contribution in [3.63, 3.8) is 0 Å². The highest BCUT2D eigenvalue weighted by Gasteiger charge is 2.10. The van der Waals surface area contributed by atoms with E-state index < -0.39 is 0 Å². The summed E-state index contributed by atoms with van der Waals surface area (Å²) in [6.45, 7) is 3.34. The molecule has 0 heterocycles. The molecule has 0 aromatic heterocycles. The summed E-state index contributed by atoms with van der Waals surface area (Å²) in [5.41, 5.74) is 0.781. The van der Waals surface area contributed by atoms with E-state index >= 15 is 0 Å². The van der Waals surface area contributed by atoms with Gasteiger partial charge in [-0.05, 0) is 19.9 Å². The van der Waals surface area contributed by atoms with Gasteiger partial charge >= 0.3 is 0 Å². The number of hydrogen-bond donors (Lipinski definition) is 3. The van der Waals surface area contributed by atoms with Crippen LogP contribution in [0.15, 0.2) is 12.1 Å². The predicted octanol–water partition coefficient (Wildman–Crippen LogP) is 2.14. The third-order valence-electron chi connectivity index (χ3n) is 1.86. The summed E-state index contributed by atoms with van der Waals surface area (Å²) in [5.74, 6) is -0.498. The lowest BCUT2D eigenvalue weighted by atomic mass is 10.1. The molecular formula is C10H12O3. The summed E-state index contributed by atoms with van der Waals surface area (Å²) >= 11 is 0. The van der Waals surface area contributed by atoms with Crippen LogP contribution in [0.4, 0.5) is 0 Å². The second-order valence-corrected chi connectivity index (χ2v) is 2.81. The molecule has 70 valence electrons. The molecule has 1 rings (SSSR count). The maximum atomic E-state index is 9.51. The van der Waals surface area contributed by atoms with Crippen molar-refractivity contribution in [3.8, 4) is 17.2 Å². The van der Waals surface area contributed by atoms with Crippen LogP contribution in [0, 0.1) is 6.92 Å². The zero-order chi connectivity index (χ0) is 10.0. The van der Waals surface area contributed by atoms with Gasteiger partial charge in [-0.2, -0.15) is 0 Å². The average molecular weight is 180 g/mol. The third kappa shape index (κ3) is 1.59. The lowest BCUT2D eigenvalue weighted by Crippen LogP contribution is -1.82. The Hall–Kier alpha value is -1.64. The Morgan fingerprint density at radius 1 is 1.15 bits per heavy atom. The molecule has 0 atom stereocenters. The molecular weight excluding hydrogens is 168 g/mol. The van der Waals surface area contributed by atoms with E-state index in [1.807, 2.05) is 0 Å². The summed E-state index contributed by atoms with van der Waals surface area (Å²) in [5, 5.41) is 28.0. The minimum atomic E-state index is -0.272. The summed E-state index contributed by atoms with van der Waals surface area (Å²) in [6, 6.07) is 1.32. The van der Waals surface area contributed by atoms with Crippen molar-refractivity contribution < 1.29 is 15.3 Å². The number of aromatic hydroxyl groups is 3. The highest BCUT2D eigenvalue weighted by atomic mass is 16.3. The first-order valence-corrected chi connectivity index (χ1v) is 3.95. The van der Waals surface area contributed by atoms with Gasteiger partial charge in [0.2, 0.25) is 0 Å². The quantitative estimate of drug-likeness (QED) is 0.458. The number of hydrogen-bond acceptors (Lipinski definition) is 3. The van der Waals surface area contributed by atoms with Gasteiger partial charge in [0.05, 0.1) is 0 Å². The molecule has 3 N–H and O–H groups in total. The topological polar surface area (TPSA) is 60.7 Å². The first-order chi connectivity index (χ1) is 6.07. The maximum Gasteiger partial charge on any atom is 0.164 e. The van der Waals surface area contributed by atoms with Crippen LogP contribution < -0.4 is 0 Å². The van der Waals surface area contributed by atoms with Gasteiger partial charge in [-0.15, -0.1) is 0 Å². The van der Waals surface area contributed by atoms with E-state index in [1.54, 1.807) is 19.1 Å². The van der Waals surface area contributed by atoms with Gasteiger partial charge in [-0.25, -0.2) is 0 Å². The summed E-state index contributed by atoms with van der Waals surface area (Å²) in [7, 11) is 0. The first-order valence-electron chi connectivity index (χ1n) is 3.95. The summed E-state index contributed by atoms with van der Waals surface area (Å²) in [4.78, 5) is 0. The van der Waals surface area contributed by atoms with E-state index in [-0.39, 0.29) is 22.8 Å². The first kappa shape index (κ1) is 9.45. The van der Waals surface area contributed by atoms with Crippen molar-refractivity contribution >= 4 is 6.08 Å². The molecule has 0 bridgehead atoms. The molecule has 3 heteroatoms. The van der Waals surface area contributed by atoms with Gasteiger partial charge in [-0.1, -0.05) is 12.2 Å². The highest BCUT2D eigenvalue weighted by Crippen LogP contribution is 2.37. The minimum Gasteiger partial charge on any atom is -0.507 e. The second-order valence-electron chi connectivity index (χ2n) is 2.81. The number of benzene rings is 1. The van der Waals surface area contributed by atoms with Crippen LogP contribution in [-0.2, 0) is 0 Å². The van der Waals surface area contributed by atoms with Crippen LogP contribution in [0.1, 0.15) is 18.1 Å². The molecule has 13 heavy (non-hydrogen) atoms. The van der Waals surface area contributed by atoms with Crippen LogP contribution in [0.5, 0.6) is 17.2 Å². The molecule has 0 fully saturated rings. The zero-order valence-electron chi connectivity index (χ0n) is 7.57. The van der Waals surface area contributed by atoms with E-state index in [2.05, 4.69) is 0 Å². The number of phenolic OH excluding ortho intramolecular Hbond substituents is 3. The number of allylic oxidation sites excluding steroid dienone is 1. The predicted molar refractivity (Wildman–Crippen MR) is 50.9 cm³/mol. The molecule has 3 nitrogen and oxygen atoms in total. The molecule has 0 aliphatic carbocycles. The molecule has 0 unspecified atom stereocenters. The fourth-order valence-corrected chi connectivity index (χ4v) is 1.11. The van der Waals surface area contributed by atoms with Crippen molar-refractivity contribution in [1.29, 1.82) is 0 Å². The third-order valence-corrected chi connectivity index (χ3v) is 1.86. The summed E-state index contributed by atoms with van der Waals surface area (Å²) in [6.07, 6.45) is 3.40. The Labute approximate surface area is 76.6 Å². The molecule has 1 aromatic rings. The van der Waals surface area contributed by atoms with E-state index in [9.17, 15) is 15.3 Å². The zero-order valence-corrected chi connectivity index (χ0v) is 7.57. The number of phenols is 3. The lowest BCUT2D eigenvalue weighted by molar-refractivity contribution is 0.392. The van der Waals surface area contributed by atoms with Crippen molar-refractivity contribution in [2.45, 2.75) is 13.8 Å². The lowest BCUT2D eigenvalue weighted by Gasteiger charge is -2.07. The van der Waals surface area contributed by atoms with Crippen molar-refractivity contribution in [1.82, 2.24) is 0 Å². The van der Waals surface area contributed by atoms with Crippen LogP contribution >= 0.6 is 0 Å². The highest BCUT2D eigenvalue weighted by molar-refractivity contribution is 5.65. The maximum absolute atomic E-state index is 9.51. The molecule has 1 aromatic carbocycles. The van der Waals surface area contributed by atoms with Crippen LogP contribution in [0.2, 0.25) is 0 Å². The van der Waals surface area contributed by atoms with Crippen LogP contribution in [0.25, 0.3) is 6.08 Å². The Morgan fingerprint density at radius 3 is 2.31 bits per heavy atom. The molecule has 0 saturated carbocycles.